The van der Waals surface area contributed by atoms with Gasteiger partial charge >= 0.3 is 5.97 Å². The summed E-state index contributed by atoms with van der Waals surface area (Å²) in [6, 6.07) is -1.48. The molecular formula is C14H24N4O5. The van der Waals surface area contributed by atoms with Crippen LogP contribution in [0.2, 0.25) is 0 Å². The van der Waals surface area contributed by atoms with E-state index in [0.717, 1.165) is 0 Å². The van der Waals surface area contributed by atoms with Crippen molar-refractivity contribution in [2.45, 2.75) is 38.8 Å². The molecule has 9 nitrogen and oxygen atoms in total. The van der Waals surface area contributed by atoms with Crippen LogP contribution in [0.4, 0.5) is 0 Å². The lowest BCUT2D eigenvalue weighted by Crippen LogP contribution is -2.56. The Morgan fingerprint density at radius 2 is 1.96 bits per heavy atom. The summed E-state index contributed by atoms with van der Waals surface area (Å²) in [5.74, 6) is -2.60. The van der Waals surface area contributed by atoms with Gasteiger partial charge in [0.25, 0.3) is 0 Å². The quantitative estimate of drug-likeness (QED) is 0.438. The first-order chi connectivity index (χ1) is 10.8. The van der Waals surface area contributed by atoms with Crippen LogP contribution < -0.4 is 16.4 Å². The lowest BCUT2D eigenvalue weighted by atomic mass is 10.0. The van der Waals surface area contributed by atoms with E-state index in [1.165, 1.54) is 4.90 Å². The minimum absolute atomic E-state index is 0.165. The van der Waals surface area contributed by atoms with Crippen molar-refractivity contribution < 1.29 is 24.3 Å². The van der Waals surface area contributed by atoms with Crippen LogP contribution in [-0.4, -0.2) is 65.4 Å². The van der Waals surface area contributed by atoms with Crippen molar-refractivity contribution >= 4 is 23.7 Å². The maximum Gasteiger partial charge on any atom is 0.322 e. The van der Waals surface area contributed by atoms with Crippen LogP contribution in [0.25, 0.3) is 0 Å². The summed E-state index contributed by atoms with van der Waals surface area (Å²) in [5.41, 5.74) is 5.26. The van der Waals surface area contributed by atoms with Gasteiger partial charge < -0.3 is 26.4 Å². The van der Waals surface area contributed by atoms with Gasteiger partial charge in [0.1, 0.15) is 18.6 Å². The van der Waals surface area contributed by atoms with Gasteiger partial charge in [0, 0.05) is 6.54 Å². The zero-order chi connectivity index (χ0) is 17.6. The molecule has 9 heteroatoms. The largest absolute Gasteiger partial charge is 0.480 e. The van der Waals surface area contributed by atoms with Crippen molar-refractivity contribution in [3.05, 3.63) is 0 Å². The Balaban J connectivity index is 2.79. The first kappa shape index (κ1) is 18.9. The molecule has 1 fully saturated rings. The summed E-state index contributed by atoms with van der Waals surface area (Å²) < 4.78 is 0. The fraction of sp³-hybridized carbons (Fsp3) is 0.714. The number of nitrogens with two attached hydrogens (primary N) is 1. The molecule has 0 saturated carbocycles. The second-order valence-corrected chi connectivity index (χ2v) is 5.79. The van der Waals surface area contributed by atoms with Crippen molar-refractivity contribution in [1.82, 2.24) is 15.5 Å². The molecule has 0 aliphatic carbocycles. The van der Waals surface area contributed by atoms with Crippen LogP contribution in [0.5, 0.6) is 0 Å². The van der Waals surface area contributed by atoms with Crippen LogP contribution in [0.3, 0.4) is 0 Å². The topological polar surface area (TPSA) is 142 Å². The number of carboxylic acid groups (broad SMARTS) is 1. The van der Waals surface area contributed by atoms with E-state index >= 15 is 0 Å². The molecule has 1 aliphatic rings. The second-order valence-electron chi connectivity index (χ2n) is 5.79. The van der Waals surface area contributed by atoms with E-state index in [-0.39, 0.29) is 18.4 Å². The van der Waals surface area contributed by atoms with E-state index in [0.29, 0.717) is 19.4 Å². The maximum absolute atomic E-state index is 12.7. The highest BCUT2D eigenvalue weighted by molar-refractivity contribution is 5.93. The van der Waals surface area contributed by atoms with Crippen molar-refractivity contribution in [3.63, 3.8) is 0 Å². The number of likely N-dealkylation sites (tertiary alicyclic amines) is 1. The Labute approximate surface area is 134 Å². The Kier molecular flexibility index (Phi) is 6.95. The average molecular weight is 328 g/mol. The molecule has 0 spiro atoms. The molecule has 2 atom stereocenters. The number of carbonyl (C=O) groups is 4. The van der Waals surface area contributed by atoms with Gasteiger partial charge in [0.05, 0.1) is 6.54 Å². The van der Waals surface area contributed by atoms with Gasteiger partial charge in [-0.15, -0.1) is 0 Å². The number of carboxylic acids is 1. The zero-order valence-electron chi connectivity index (χ0n) is 13.4. The normalized spacial score (nSPS) is 18.6. The SMILES string of the molecule is CC(C)C(NC(=O)CN)C(=O)N1CCCC1C(=O)NCC(=O)O. The number of nitrogens with one attached hydrogen (secondary N) is 2. The predicted octanol–water partition coefficient (Wildman–Crippen LogP) is -1.72. The van der Waals surface area contributed by atoms with Crippen LogP contribution in [0, 0.1) is 5.92 Å². The standard InChI is InChI=1S/C14H24N4O5/c1-8(2)12(17-10(19)6-15)14(23)18-5-3-4-9(18)13(22)16-7-11(20)21/h8-9,12H,3-7,15H2,1-2H3,(H,16,22)(H,17,19)(H,20,21). The highest BCUT2D eigenvalue weighted by Crippen LogP contribution is 2.20. The van der Waals surface area contributed by atoms with Crippen LogP contribution in [0.15, 0.2) is 0 Å². The van der Waals surface area contributed by atoms with Gasteiger partial charge in [-0.25, -0.2) is 0 Å². The Bertz CT molecular complexity index is 480. The van der Waals surface area contributed by atoms with Gasteiger partial charge in [-0.3, -0.25) is 19.2 Å². The number of aliphatic carboxylic acids is 1. The third-order valence-electron chi connectivity index (χ3n) is 3.69. The van der Waals surface area contributed by atoms with E-state index in [1.807, 2.05) is 0 Å². The summed E-state index contributed by atoms with van der Waals surface area (Å²) >= 11 is 0. The first-order valence-corrected chi connectivity index (χ1v) is 7.57. The molecule has 5 N–H and O–H groups in total. The van der Waals surface area contributed by atoms with Crippen LogP contribution >= 0.6 is 0 Å². The molecule has 0 radical (unpaired) electrons. The van der Waals surface area contributed by atoms with Gasteiger partial charge in [0.2, 0.25) is 17.7 Å². The maximum atomic E-state index is 12.7. The molecule has 2 unspecified atom stereocenters. The fourth-order valence-corrected chi connectivity index (χ4v) is 2.51. The highest BCUT2D eigenvalue weighted by Gasteiger charge is 2.38. The molecule has 3 amide bonds. The summed E-state index contributed by atoms with van der Waals surface area (Å²) in [7, 11) is 0. The smallest absolute Gasteiger partial charge is 0.322 e. The van der Waals surface area contributed by atoms with Crippen molar-refractivity contribution in [3.8, 4) is 0 Å². The lowest BCUT2D eigenvalue weighted by Gasteiger charge is -2.30. The molecule has 0 aromatic heterocycles. The van der Waals surface area contributed by atoms with Crippen molar-refractivity contribution in [1.29, 1.82) is 0 Å². The van der Waals surface area contributed by atoms with Gasteiger partial charge in [-0.05, 0) is 18.8 Å². The number of hydrogen-bond donors (Lipinski definition) is 4. The van der Waals surface area contributed by atoms with Crippen molar-refractivity contribution in [2.75, 3.05) is 19.6 Å². The zero-order valence-corrected chi connectivity index (χ0v) is 13.4. The van der Waals surface area contributed by atoms with Gasteiger partial charge in [-0.2, -0.15) is 0 Å². The molecule has 1 heterocycles. The van der Waals surface area contributed by atoms with E-state index in [2.05, 4.69) is 10.6 Å². The summed E-state index contributed by atoms with van der Waals surface area (Å²) in [4.78, 5) is 48.1. The molecule has 0 aromatic carbocycles. The predicted molar refractivity (Wildman–Crippen MR) is 81.2 cm³/mol. The summed E-state index contributed by atoms with van der Waals surface area (Å²) in [6.07, 6.45) is 1.11. The number of rotatable bonds is 7. The fourth-order valence-electron chi connectivity index (χ4n) is 2.51. The van der Waals surface area contributed by atoms with E-state index in [4.69, 9.17) is 10.8 Å². The third kappa shape index (κ3) is 5.20. The Hall–Kier alpha value is -2.16. The minimum atomic E-state index is -1.15. The average Bonchev–Trinajstić information content (AvgIpc) is 2.98. The first-order valence-electron chi connectivity index (χ1n) is 7.57. The molecular weight excluding hydrogens is 304 g/mol. The molecule has 0 bridgehead atoms. The molecule has 1 aliphatic heterocycles. The lowest BCUT2D eigenvalue weighted by molar-refractivity contribution is -0.143. The number of amides is 3. The van der Waals surface area contributed by atoms with E-state index < -0.39 is 36.4 Å². The molecule has 23 heavy (non-hydrogen) atoms. The van der Waals surface area contributed by atoms with Crippen LogP contribution in [0.1, 0.15) is 26.7 Å². The Morgan fingerprint density at radius 3 is 2.48 bits per heavy atom. The van der Waals surface area contributed by atoms with Gasteiger partial charge in [0.15, 0.2) is 0 Å². The number of carbonyl (C=O) groups excluding carboxylic acids is 3. The number of nitrogens with zero attached hydrogens (tertiary/aromatic N) is 1. The van der Waals surface area contributed by atoms with Crippen LogP contribution in [-0.2, 0) is 19.2 Å². The van der Waals surface area contributed by atoms with Gasteiger partial charge in [-0.1, -0.05) is 13.8 Å². The highest BCUT2D eigenvalue weighted by atomic mass is 16.4. The van der Waals surface area contributed by atoms with E-state index in [1.54, 1.807) is 13.8 Å². The molecule has 1 saturated heterocycles. The summed E-state index contributed by atoms with van der Waals surface area (Å²) in [6.45, 7) is 3.25. The monoisotopic (exact) mass is 328 g/mol. The molecule has 130 valence electrons. The molecule has 0 aromatic rings. The number of hydrogen-bond acceptors (Lipinski definition) is 5. The summed E-state index contributed by atoms with van der Waals surface area (Å²) in [5, 5.41) is 13.5. The third-order valence-corrected chi connectivity index (χ3v) is 3.69. The molecule has 1 rings (SSSR count). The van der Waals surface area contributed by atoms with Crippen molar-refractivity contribution in [2.24, 2.45) is 11.7 Å². The second kappa shape index (κ2) is 8.47. The Morgan fingerprint density at radius 1 is 1.30 bits per heavy atom. The minimum Gasteiger partial charge on any atom is -0.480 e. The van der Waals surface area contributed by atoms with E-state index in [9.17, 15) is 19.2 Å².